The molecule has 3 heterocycles. The van der Waals surface area contributed by atoms with Crippen LogP contribution in [0.2, 0.25) is 5.02 Å². The monoisotopic (exact) mass is 302 g/mol. The van der Waals surface area contributed by atoms with E-state index in [-0.39, 0.29) is 0 Å². The van der Waals surface area contributed by atoms with Gasteiger partial charge in [-0.25, -0.2) is 14.5 Å². The Labute approximate surface area is 126 Å². The summed E-state index contributed by atoms with van der Waals surface area (Å²) < 4.78 is 1.85. The van der Waals surface area contributed by atoms with Gasteiger partial charge in [0.2, 0.25) is 0 Å². The molecule has 4 rings (SSSR count). The zero-order valence-electron chi connectivity index (χ0n) is 11.7. The second-order valence-electron chi connectivity index (χ2n) is 5.20. The Balaban J connectivity index is 2.02. The third-order valence-corrected chi connectivity index (χ3v) is 3.96. The molecule has 1 aliphatic heterocycles. The minimum atomic E-state index is 0.675. The number of aryl methyl sites for hydroxylation is 1. The third-order valence-electron chi connectivity index (χ3n) is 3.72. The van der Waals surface area contributed by atoms with Crippen molar-refractivity contribution >= 4 is 34.1 Å². The number of anilines is 1. The Hall–Kier alpha value is -1.92. The van der Waals surface area contributed by atoms with Crippen molar-refractivity contribution in [2.45, 2.75) is 6.92 Å². The number of aromatic nitrogens is 4. The quantitative estimate of drug-likeness (QED) is 0.741. The molecule has 1 aromatic carbocycles. The van der Waals surface area contributed by atoms with Gasteiger partial charge in [0.05, 0.1) is 11.0 Å². The fraction of sp³-hybridized carbons (Fsp3) is 0.357. The first-order valence-corrected chi connectivity index (χ1v) is 7.38. The summed E-state index contributed by atoms with van der Waals surface area (Å²) in [7, 11) is 0. The summed E-state index contributed by atoms with van der Waals surface area (Å²) in [5.74, 6) is 1.63. The largest absolute Gasteiger partial charge is 0.351 e. The SMILES string of the molecule is Cc1nc2c(N3CCNCC3)nc3ccc(Cl)cc3n2n1. The fourth-order valence-electron chi connectivity index (χ4n) is 2.74. The van der Waals surface area contributed by atoms with E-state index in [2.05, 4.69) is 20.3 Å². The van der Waals surface area contributed by atoms with E-state index in [0.717, 1.165) is 54.5 Å². The number of benzene rings is 1. The van der Waals surface area contributed by atoms with Gasteiger partial charge in [0.25, 0.3) is 0 Å². The van der Waals surface area contributed by atoms with Crippen LogP contribution in [0.25, 0.3) is 16.7 Å². The van der Waals surface area contributed by atoms with Gasteiger partial charge in [0.15, 0.2) is 11.5 Å². The second-order valence-corrected chi connectivity index (χ2v) is 5.64. The summed E-state index contributed by atoms with van der Waals surface area (Å²) in [5, 5.41) is 8.53. The van der Waals surface area contributed by atoms with Crippen molar-refractivity contribution in [3.8, 4) is 0 Å². The minimum absolute atomic E-state index is 0.675. The molecular formula is C14H15ClN6. The molecule has 1 fully saturated rings. The molecule has 7 heteroatoms. The maximum atomic E-state index is 6.11. The highest BCUT2D eigenvalue weighted by Gasteiger charge is 2.19. The van der Waals surface area contributed by atoms with Gasteiger partial charge in [-0.05, 0) is 25.1 Å². The van der Waals surface area contributed by atoms with Crippen molar-refractivity contribution in [3.05, 3.63) is 29.0 Å². The standard InChI is InChI=1S/C14H15ClN6/c1-9-17-14-13(20-6-4-16-5-7-20)18-11-3-2-10(15)8-12(11)21(14)19-9/h2-3,8,16H,4-7H2,1H3. The number of halogens is 1. The van der Waals surface area contributed by atoms with Crippen LogP contribution in [-0.4, -0.2) is 45.8 Å². The highest BCUT2D eigenvalue weighted by atomic mass is 35.5. The average Bonchev–Trinajstić information content (AvgIpc) is 2.89. The number of hydrogen-bond acceptors (Lipinski definition) is 5. The molecule has 0 spiro atoms. The van der Waals surface area contributed by atoms with E-state index in [1.807, 2.05) is 29.6 Å². The van der Waals surface area contributed by atoms with Gasteiger partial charge in [0, 0.05) is 31.2 Å². The van der Waals surface area contributed by atoms with E-state index in [1.54, 1.807) is 0 Å². The van der Waals surface area contributed by atoms with Crippen LogP contribution in [-0.2, 0) is 0 Å². The number of fused-ring (bicyclic) bond motifs is 3. The molecule has 0 aliphatic carbocycles. The molecule has 2 aromatic heterocycles. The summed E-state index contributed by atoms with van der Waals surface area (Å²) in [6.45, 7) is 5.66. The number of rotatable bonds is 1. The van der Waals surface area contributed by atoms with E-state index in [0.29, 0.717) is 5.02 Å². The van der Waals surface area contributed by atoms with Gasteiger partial charge in [0.1, 0.15) is 5.82 Å². The van der Waals surface area contributed by atoms with Crippen LogP contribution in [0.15, 0.2) is 18.2 Å². The van der Waals surface area contributed by atoms with Crippen LogP contribution in [0, 0.1) is 6.92 Å². The molecule has 3 aromatic rings. The molecule has 108 valence electrons. The third kappa shape index (κ3) is 2.11. The smallest absolute Gasteiger partial charge is 0.199 e. The molecule has 1 aliphatic rings. The summed E-state index contributed by atoms with van der Waals surface area (Å²) >= 11 is 6.11. The maximum Gasteiger partial charge on any atom is 0.199 e. The Bertz CT molecular complexity index is 821. The van der Waals surface area contributed by atoms with Crippen LogP contribution in [0.1, 0.15) is 5.82 Å². The van der Waals surface area contributed by atoms with Crippen LogP contribution < -0.4 is 10.2 Å². The number of piperazine rings is 1. The first kappa shape index (κ1) is 12.8. The van der Waals surface area contributed by atoms with Crippen molar-refractivity contribution < 1.29 is 0 Å². The Kier molecular flexibility index (Phi) is 2.94. The first-order valence-electron chi connectivity index (χ1n) is 7.01. The van der Waals surface area contributed by atoms with Crippen molar-refractivity contribution in [1.29, 1.82) is 0 Å². The topological polar surface area (TPSA) is 58.4 Å². The summed E-state index contributed by atoms with van der Waals surface area (Å²) in [6, 6.07) is 5.67. The molecule has 6 nitrogen and oxygen atoms in total. The molecule has 0 radical (unpaired) electrons. The minimum Gasteiger partial charge on any atom is -0.351 e. The van der Waals surface area contributed by atoms with Gasteiger partial charge < -0.3 is 10.2 Å². The maximum absolute atomic E-state index is 6.11. The first-order chi connectivity index (χ1) is 10.2. The van der Waals surface area contributed by atoms with Gasteiger partial charge in [-0.15, -0.1) is 0 Å². The van der Waals surface area contributed by atoms with Gasteiger partial charge in [-0.1, -0.05) is 11.6 Å². The van der Waals surface area contributed by atoms with E-state index in [9.17, 15) is 0 Å². The van der Waals surface area contributed by atoms with Crippen molar-refractivity contribution in [2.24, 2.45) is 0 Å². The number of hydrogen-bond donors (Lipinski definition) is 1. The summed E-state index contributed by atoms with van der Waals surface area (Å²) in [5.41, 5.74) is 2.56. The Morgan fingerprint density at radius 1 is 1.19 bits per heavy atom. The number of nitrogens with zero attached hydrogens (tertiary/aromatic N) is 5. The molecule has 0 saturated carbocycles. The van der Waals surface area contributed by atoms with Gasteiger partial charge in [-0.2, -0.15) is 5.10 Å². The van der Waals surface area contributed by atoms with E-state index in [4.69, 9.17) is 16.6 Å². The second kappa shape index (κ2) is 4.82. The molecule has 21 heavy (non-hydrogen) atoms. The summed E-state index contributed by atoms with van der Waals surface area (Å²) in [6.07, 6.45) is 0. The van der Waals surface area contributed by atoms with Crippen molar-refractivity contribution in [2.75, 3.05) is 31.1 Å². The molecule has 0 amide bonds. The Morgan fingerprint density at radius 3 is 2.81 bits per heavy atom. The van der Waals surface area contributed by atoms with E-state index < -0.39 is 0 Å². The van der Waals surface area contributed by atoms with Crippen LogP contribution in [0.4, 0.5) is 5.82 Å². The lowest BCUT2D eigenvalue weighted by atomic mass is 10.3. The highest BCUT2D eigenvalue weighted by molar-refractivity contribution is 6.31. The predicted molar refractivity (Wildman–Crippen MR) is 83.1 cm³/mol. The zero-order chi connectivity index (χ0) is 14.4. The molecule has 1 saturated heterocycles. The zero-order valence-corrected chi connectivity index (χ0v) is 12.4. The molecule has 0 bridgehead atoms. The highest BCUT2D eigenvalue weighted by Crippen LogP contribution is 2.25. The van der Waals surface area contributed by atoms with Crippen LogP contribution >= 0.6 is 11.6 Å². The molecule has 0 unspecified atom stereocenters. The average molecular weight is 303 g/mol. The lowest BCUT2D eigenvalue weighted by Crippen LogP contribution is -2.44. The van der Waals surface area contributed by atoms with E-state index in [1.165, 1.54) is 0 Å². The normalized spacial score (nSPS) is 16.0. The molecule has 1 N–H and O–H groups in total. The lowest BCUT2D eigenvalue weighted by molar-refractivity contribution is 0.586. The summed E-state index contributed by atoms with van der Waals surface area (Å²) in [4.78, 5) is 11.6. The molecule has 0 atom stereocenters. The van der Waals surface area contributed by atoms with Crippen molar-refractivity contribution in [3.63, 3.8) is 0 Å². The van der Waals surface area contributed by atoms with Crippen LogP contribution in [0.3, 0.4) is 0 Å². The predicted octanol–water partition coefficient (Wildman–Crippen LogP) is 1.65. The molecular weight excluding hydrogens is 288 g/mol. The number of nitrogens with one attached hydrogen (secondary N) is 1. The van der Waals surface area contributed by atoms with Crippen molar-refractivity contribution in [1.82, 2.24) is 24.9 Å². The lowest BCUT2D eigenvalue weighted by Gasteiger charge is -2.28. The van der Waals surface area contributed by atoms with Crippen LogP contribution in [0.5, 0.6) is 0 Å². The van der Waals surface area contributed by atoms with E-state index >= 15 is 0 Å². The fourth-order valence-corrected chi connectivity index (χ4v) is 2.91. The Morgan fingerprint density at radius 2 is 2.00 bits per heavy atom. The van der Waals surface area contributed by atoms with Gasteiger partial charge in [-0.3, -0.25) is 0 Å². The van der Waals surface area contributed by atoms with Gasteiger partial charge >= 0.3 is 0 Å².